The van der Waals surface area contributed by atoms with Crippen molar-refractivity contribution >= 4 is 33.2 Å². The molecule has 100 valence electrons. The fourth-order valence-electron chi connectivity index (χ4n) is 1.73. The van der Waals surface area contributed by atoms with Crippen LogP contribution in [0.2, 0.25) is 0 Å². The van der Waals surface area contributed by atoms with Crippen molar-refractivity contribution in [1.29, 1.82) is 0 Å². The van der Waals surface area contributed by atoms with E-state index in [2.05, 4.69) is 27.0 Å². The lowest BCUT2D eigenvalue weighted by molar-refractivity contribution is -0.130. The summed E-state index contributed by atoms with van der Waals surface area (Å²) in [7, 11) is 1.82. The molecule has 0 bridgehead atoms. The van der Waals surface area contributed by atoms with Crippen molar-refractivity contribution in [3.8, 4) is 0 Å². The van der Waals surface area contributed by atoms with Gasteiger partial charge in [0.25, 0.3) is 0 Å². The summed E-state index contributed by atoms with van der Waals surface area (Å²) in [6, 6.07) is 7.81. The molecule has 0 aliphatic rings. The van der Waals surface area contributed by atoms with Crippen LogP contribution >= 0.6 is 27.3 Å². The molecule has 0 N–H and O–H groups in total. The fourth-order valence-corrected chi connectivity index (χ4v) is 3.18. The van der Waals surface area contributed by atoms with Gasteiger partial charge in [0.15, 0.2) is 0 Å². The van der Waals surface area contributed by atoms with Crippen molar-refractivity contribution in [2.45, 2.75) is 19.4 Å². The van der Waals surface area contributed by atoms with Gasteiger partial charge in [0.2, 0.25) is 5.91 Å². The van der Waals surface area contributed by atoms with E-state index in [1.54, 1.807) is 22.4 Å². The summed E-state index contributed by atoms with van der Waals surface area (Å²) in [6.45, 7) is 0.563. The van der Waals surface area contributed by atoms with Crippen LogP contribution in [0.4, 0.5) is 0 Å². The highest BCUT2D eigenvalue weighted by Gasteiger charge is 2.10. The molecular formula is C14H15BrN2OS. The van der Waals surface area contributed by atoms with Gasteiger partial charge in [-0.3, -0.25) is 9.78 Å². The van der Waals surface area contributed by atoms with E-state index in [0.717, 1.165) is 16.6 Å². The van der Waals surface area contributed by atoms with Crippen molar-refractivity contribution in [3.63, 3.8) is 0 Å². The van der Waals surface area contributed by atoms with Crippen LogP contribution in [0.1, 0.15) is 17.0 Å². The van der Waals surface area contributed by atoms with Gasteiger partial charge in [0.05, 0.1) is 12.2 Å². The topological polar surface area (TPSA) is 33.2 Å². The fraction of sp³-hybridized carbons (Fsp3) is 0.286. The van der Waals surface area contributed by atoms with Crippen molar-refractivity contribution in [3.05, 3.63) is 50.9 Å². The molecular weight excluding hydrogens is 324 g/mol. The van der Waals surface area contributed by atoms with Crippen molar-refractivity contribution in [2.75, 3.05) is 7.05 Å². The number of carbonyl (C=O) groups is 1. The SMILES string of the molecule is CN(Cc1ccccn1)C(=O)CCc1cc(Br)cs1. The van der Waals surface area contributed by atoms with Gasteiger partial charge in [-0.2, -0.15) is 0 Å². The van der Waals surface area contributed by atoms with Crippen molar-refractivity contribution in [2.24, 2.45) is 0 Å². The third kappa shape index (κ3) is 4.44. The maximum atomic E-state index is 12.0. The molecule has 0 aliphatic heterocycles. The molecule has 0 aliphatic carbocycles. The number of aryl methyl sites for hydroxylation is 1. The van der Waals surface area contributed by atoms with Gasteiger partial charge >= 0.3 is 0 Å². The summed E-state index contributed by atoms with van der Waals surface area (Å²) in [5.41, 5.74) is 0.914. The Morgan fingerprint density at radius 1 is 1.47 bits per heavy atom. The lowest BCUT2D eigenvalue weighted by Crippen LogP contribution is -2.26. The minimum Gasteiger partial charge on any atom is -0.340 e. The molecule has 0 atom stereocenters. The zero-order valence-electron chi connectivity index (χ0n) is 10.7. The van der Waals surface area contributed by atoms with Crippen LogP contribution in [0.25, 0.3) is 0 Å². The minimum absolute atomic E-state index is 0.148. The van der Waals surface area contributed by atoms with Crippen LogP contribution in [0.15, 0.2) is 40.3 Å². The van der Waals surface area contributed by atoms with E-state index in [-0.39, 0.29) is 5.91 Å². The van der Waals surface area contributed by atoms with E-state index in [1.807, 2.05) is 30.6 Å². The molecule has 2 rings (SSSR count). The van der Waals surface area contributed by atoms with Crippen LogP contribution < -0.4 is 0 Å². The minimum atomic E-state index is 0.148. The largest absolute Gasteiger partial charge is 0.340 e. The number of carbonyl (C=O) groups excluding carboxylic acids is 1. The van der Waals surface area contributed by atoms with Crippen LogP contribution in [-0.2, 0) is 17.8 Å². The van der Waals surface area contributed by atoms with Crippen LogP contribution in [0.3, 0.4) is 0 Å². The number of nitrogens with zero attached hydrogens (tertiary/aromatic N) is 2. The number of aromatic nitrogens is 1. The number of hydrogen-bond donors (Lipinski definition) is 0. The molecule has 5 heteroatoms. The summed E-state index contributed by atoms with van der Waals surface area (Å²) in [5.74, 6) is 0.148. The normalized spacial score (nSPS) is 10.4. The van der Waals surface area contributed by atoms with E-state index < -0.39 is 0 Å². The number of amides is 1. The molecule has 0 spiro atoms. The van der Waals surface area contributed by atoms with Gasteiger partial charge in [-0.25, -0.2) is 0 Å². The van der Waals surface area contributed by atoms with E-state index in [1.165, 1.54) is 4.88 Å². The first kappa shape index (κ1) is 14.2. The predicted octanol–water partition coefficient (Wildman–Crippen LogP) is 3.50. The van der Waals surface area contributed by atoms with E-state index >= 15 is 0 Å². The number of thiophene rings is 1. The Bertz CT molecular complexity index is 541. The Labute approximate surface area is 125 Å². The average Bonchev–Trinajstić information content (AvgIpc) is 2.83. The van der Waals surface area contributed by atoms with Crippen LogP contribution in [-0.4, -0.2) is 22.8 Å². The van der Waals surface area contributed by atoms with Gasteiger partial charge in [0, 0.05) is 34.4 Å². The monoisotopic (exact) mass is 338 g/mol. The highest BCUT2D eigenvalue weighted by molar-refractivity contribution is 9.10. The molecule has 0 saturated carbocycles. The Morgan fingerprint density at radius 2 is 2.32 bits per heavy atom. The highest BCUT2D eigenvalue weighted by Crippen LogP contribution is 2.21. The molecule has 1 amide bonds. The molecule has 0 saturated heterocycles. The molecule has 3 nitrogen and oxygen atoms in total. The molecule has 0 aromatic carbocycles. The summed E-state index contributed by atoms with van der Waals surface area (Å²) in [5, 5.41) is 2.04. The quantitative estimate of drug-likeness (QED) is 0.835. The van der Waals surface area contributed by atoms with E-state index in [0.29, 0.717) is 13.0 Å². The number of hydrogen-bond acceptors (Lipinski definition) is 3. The molecule has 2 aromatic rings. The van der Waals surface area contributed by atoms with Crippen LogP contribution in [0, 0.1) is 0 Å². The molecule has 0 unspecified atom stereocenters. The number of rotatable bonds is 5. The first-order chi connectivity index (χ1) is 9.15. The van der Waals surface area contributed by atoms with Gasteiger partial charge < -0.3 is 4.90 Å². The molecule has 2 heterocycles. The van der Waals surface area contributed by atoms with Crippen molar-refractivity contribution < 1.29 is 4.79 Å². The van der Waals surface area contributed by atoms with E-state index in [9.17, 15) is 4.79 Å². The Kier molecular flexibility index (Phi) is 5.10. The zero-order valence-corrected chi connectivity index (χ0v) is 13.1. The number of pyridine rings is 1. The van der Waals surface area contributed by atoms with Crippen molar-refractivity contribution in [1.82, 2.24) is 9.88 Å². The van der Waals surface area contributed by atoms with Gasteiger partial charge in [0.1, 0.15) is 0 Å². The first-order valence-electron chi connectivity index (χ1n) is 6.02. The Hall–Kier alpha value is -1.20. The summed E-state index contributed by atoms with van der Waals surface area (Å²) in [6.07, 6.45) is 3.08. The van der Waals surface area contributed by atoms with Gasteiger partial charge in [-0.15, -0.1) is 11.3 Å². The molecule has 0 radical (unpaired) electrons. The molecule has 2 aromatic heterocycles. The maximum absolute atomic E-state index is 12.0. The Balaban J connectivity index is 1.82. The van der Waals surface area contributed by atoms with Gasteiger partial charge in [-0.05, 0) is 40.5 Å². The highest BCUT2D eigenvalue weighted by atomic mass is 79.9. The molecule has 0 fully saturated rings. The standard InChI is InChI=1S/C14H15BrN2OS/c1-17(9-12-4-2-3-7-16-12)14(18)6-5-13-8-11(15)10-19-13/h2-4,7-8,10H,5-6,9H2,1H3. The first-order valence-corrected chi connectivity index (χ1v) is 7.69. The third-order valence-electron chi connectivity index (χ3n) is 2.76. The smallest absolute Gasteiger partial charge is 0.223 e. The lowest BCUT2D eigenvalue weighted by atomic mass is 10.2. The number of halogens is 1. The summed E-state index contributed by atoms with van der Waals surface area (Å²) >= 11 is 5.10. The van der Waals surface area contributed by atoms with Crippen LogP contribution in [0.5, 0.6) is 0 Å². The zero-order chi connectivity index (χ0) is 13.7. The lowest BCUT2D eigenvalue weighted by Gasteiger charge is -2.16. The Morgan fingerprint density at radius 3 is 2.95 bits per heavy atom. The second kappa shape index (κ2) is 6.82. The summed E-state index contributed by atoms with van der Waals surface area (Å²) in [4.78, 5) is 19.2. The molecule has 19 heavy (non-hydrogen) atoms. The third-order valence-corrected chi connectivity index (χ3v) is 4.52. The second-order valence-corrected chi connectivity index (χ2v) is 6.21. The second-order valence-electron chi connectivity index (χ2n) is 4.30. The predicted molar refractivity (Wildman–Crippen MR) is 81.1 cm³/mol. The van der Waals surface area contributed by atoms with Gasteiger partial charge in [-0.1, -0.05) is 6.07 Å². The average molecular weight is 339 g/mol. The van der Waals surface area contributed by atoms with E-state index in [4.69, 9.17) is 0 Å². The summed E-state index contributed by atoms with van der Waals surface area (Å²) < 4.78 is 1.08. The maximum Gasteiger partial charge on any atom is 0.223 e.